The molecule has 1 aromatic heterocycles. The summed E-state index contributed by atoms with van der Waals surface area (Å²) in [4.78, 5) is 12.1. The Balaban J connectivity index is 2.08. The van der Waals surface area contributed by atoms with E-state index in [2.05, 4.69) is 31.4 Å². The van der Waals surface area contributed by atoms with Gasteiger partial charge in [0, 0.05) is 11.0 Å². The molecule has 6 heteroatoms. The molecule has 0 spiro atoms. The highest BCUT2D eigenvalue weighted by Gasteiger charge is 2.12. The van der Waals surface area contributed by atoms with Crippen molar-refractivity contribution in [1.82, 2.24) is 20.1 Å². The van der Waals surface area contributed by atoms with Gasteiger partial charge in [0.15, 0.2) is 5.82 Å². The fourth-order valence-electron chi connectivity index (χ4n) is 1.76. The third-order valence-electron chi connectivity index (χ3n) is 2.88. The minimum atomic E-state index is -0.124. The van der Waals surface area contributed by atoms with Gasteiger partial charge in [-0.3, -0.25) is 4.79 Å². The van der Waals surface area contributed by atoms with E-state index in [1.165, 1.54) is 0 Å². The average Bonchev–Trinajstić information content (AvgIpc) is 2.86. The highest BCUT2D eigenvalue weighted by molar-refractivity contribution is 9.10. The first-order valence-electron chi connectivity index (χ1n) is 6.03. The van der Waals surface area contributed by atoms with Crippen LogP contribution >= 0.6 is 15.9 Å². The van der Waals surface area contributed by atoms with E-state index >= 15 is 0 Å². The number of carbonyl (C=O) groups is 1. The van der Waals surface area contributed by atoms with Crippen LogP contribution in [0.5, 0.6) is 0 Å². The van der Waals surface area contributed by atoms with Crippen LogP contribution < -0.4 is 5.32 Å². The fraction of sp³-hybridized carbons (Fsp3) is 0.308. The molecule has 5 nitrogen and oxygen atoms in total. The van der Waals surface area contributed by atoms with Crippen molar-refractivity contribution in [3.63, 3.8) is 0 Å². The second-order valence-electron chi connectivity index (χ2n) is 4.15. The summed E-state index contributed by atoms with van der Waals surface area (Å²) in [5, 5.41) is 10.7. The molecule has 0 aliphatic rings. The van der Waals surface area contributed by atoms with Gasteiger partial charge in [-0.25, -0.2) is 0 Å². The van der Waals surface area contributed by atoms with Gasteiger partial charge in [-0.1, -0.05) is 12.1 Å². The second kappa shape index (κ2) is 5.97. The van der Waals surface area contributed by atoms with E-state index in [9.17, 15) is 4.79 Å². The molecular weight excluding hydrogens is 308 g/mol. The van der Waals surface area contributed by atoms with Crippen LogP contribution in [0.15, 0.2) is 29.0 Å². The summed E-state index contributed by atoms with van der Waals surface area (Å²) in [5.41, 5.74) is 1.66. The molecule has 2 aromatic rings. The number of benzene rings is 1. The summed E-state index contributed by atoms with van der Waals surface area (Å²) in [6.07, 6.45) is 1.66. The van der Waals surface area contributed by atoms with Crippen LogP contribution in [0.4, 0.5) is 0 Å². The molecule has 0 saturated heterocycles. The number of amides is 1. The van der Waals surface area contributed by atoms with E-state index in [-0.39, 0.29) is 5.91 Å². The van der Waals surface area contributed by atoms with Gasteiger partial charge in [0.25, 0.3) is 5.91 Å². The van der Waals surface area contributed by atoms with Crippen molar-refractivity contribution in [2.24, 2.45) is 0 Å². The van der Waals surface area contributed by atoms with E-state index in [1.807, 2.05) is 30.5 Å². The summed E-state index contributed by atoms with van der Waals surface area (Å²) in [7, 11) is 0. The molecule has 2 rings (SSSR count). The third kappa shape index (κ3) is 3.01. The van der Waals surface area contributed by atoms with Gasteiger partial charge >= 0.3 is 0 Å². The lowest BCUT2D eigenvalue weighted by molar-refractivity contribution is 0.0948. The van der Waals surface area contributed by atoms with E-state index in [4.69, 9.17) is 0 Å². The van der Waals surface area contributed by atoms with Gasteiger partial charge in [0.1, 0.15) is 6.33 Å². The van der Waals surface area contributed by atoms with Gasteiger partial charge in [-0.15, -0.1) is 10.2 Å². The summed E-state index contributed by atoms with van der Waals surface area (Å²) >= 11 is 3.43. The SMILES string of the molecule is CCn1cnnc1CNC(=O)c1cccc(C)c1Br. The number of aryl methyl sites for hydroxylation is 2. The maximum absolute atomic E-state index is 12.1. The Morgan fingerprint density at radius 3 is 3.00 bits per heavy atom. The standard InChI is InChI=1S/C13H15BrN4O/c1-3-18-8-16-17-11(18)7-15-13(19)10-6-4-5-9(2)12(10)14/h4-6,8H,3,7H2,1-2H3,(H,15,19). The maximum Gasteiger partial charge on any atom is 0.252 e. The number of carbonyl (C=O) groups excluding carboxylic acids is 1. The number of nitrogens with one attached hydrogen (secondary N) is 1. The third-order valence-corrected chi connectivity index (χ3v) is 3.93. The Hall–Kier alpha value is -1.69. The van der Waals surface area contributed by atoms with Gasteiger partial charge in [0.2, 0.25) is 0 Å². The minimum Gasteiger partial charge on any atom is -0.345 e. The summed E-state index contributed by atoms with van der Waals surface area (Å²) in [5.74, 6) is 0.626. The molecule has 0 atom stereocenters. The van der Waals surface area contributed by atoms with Crippen molar-refractivity contribution in [3.05, 3.63) is 46.0 Å². The first-order chi connectivity index (χ1) is 9.13. The van der Waals surface area contributed by atoms with E-state index in [1.54, 1.807) is 12.4 Å². The summed E-state index contributed by atoms with van der Waals surface area (Å²) in [6.45, 7) is 5.11. The van der Waals surface area contributed by atoms with E-state index in [0.717, 1.165) is 22.4 Å². The quantitative estimate of drug-likeness (QED) is 0.939. The molecular formula is C13H15BrN4O. The van der Waals surface area contributed by atoms with Crippen molar-refractivity contribution in [2.75, 3.05) is 0 Å². The van der Waals surface area contributed by atoms with Crippen LogP contribution in [0.1, 0.15) is 28.7 Å². The molecule has 1 amide bonds. The number of rotatable bonds is 4. The molecule has 0 fully saturated rings. The number of nitrogens with zero attached hydrogens (tertiary/aromatic N) is 3. The summed E-state index contributed by atoms with van der Waals surface area (Å²) in [6, 6.07) is 5.61. The molecule has 1 aromatic carbocycles. The molecule has 1 N–H and O–H groups in total. The van der Waals surface area contributed by atoms with Crippen LogP contribution in [-0.2, 0) is 13.1 Å². The molecule has 0 unspecified atom stereocenters. The number of halogens is 1. The van der Waals surface area contributed by atoms with Crippen molar-refractivity contribution in [3.8, 4) is 0 Å². The van der Waals surface area contributed by atoms with Crippen LogP contribution in [0, 0.1) is 6.92 Å². The largest absolute Gasteiger partial charge is 0.345 e. The Labute approximate surface area is 120 Å². The molecule has 19 heavy (non-hydrogen) atoms. The minimum absolute atomic E-state index is 0.124. The van der Waals surface area contributed by atoms with Gasteiger partial charge in [-0.05, 0) is 41.4 Å². The Morgan fingerprint density at radius 2 is 2.26 bits per heavy atom. The lowest BCUT2D eigenvalue weighted by atomic mass is 10.1. The Morgan fingerprint density at radius 1 is 1.47 bits per heavy atom. The average molecular weight is 323 g/mol. The van der Waals surface area contributed by atoms with Crippen molar-refractivity contribution in [2.45, 2.75) is 26.9 Å². The van der Waals surface area contributed by atoms with Crippen LogP contribution in [0.25, 0.3) is 0 Å². The lowest BCUT2D eigenvalue weighted by Crippen LogP contribution is -2.25. The first-order valence-corrected chi connectivity index (χ1v) is 6.82. The van der Waals surface area contributed by atoms with Gasteiger partial charge in [0.05, 0.1) is 12.1 Å². The second-order valence-corrected chi connectivity index (χ2v) is 4.95. The zero-order valence-electron chi connectivity index (χ0n) is 10.9. The molecule has 0 saturated carbocycles. The van der Waals surface area contributed by atoms with Crippen molar-refractivity contribution in [1.29, 1.82) is 0 Å². The highest BCUT2D eigenvalue weighted by Crippen LogP contribution is 2.20. The summed E-state index contributed by atoms with van der Waals surface area (Å²) < 4.78 is 2.72. The maximum atomic E-state index is 12.1. The molecule has 0 radical (unpaired) electrons. The normalized spacial score (nSPS) is 10.5. The predicted molar refractivity (Wildman–Crippen MR) is 75.7 cm³/mol. The van der Waals surface area contributed by atoms with Crippen LogP contribution in [0.2, 0.25) is 0 Å². The molecule has 0 aliphatic carbocycles. The first kappa shape index (κ1) is 13.7. The Kier molecular flexibility index (Phi) is 4.31. The number of hydrogen-bond donors (Lipinski definition) is 1. The zero-order chi connectivity index (χ0) is 13.8. The number of aromatic nitrogens is 3. The molecule has 0 bridgehead atoms. The van der Waals surface area contributed by atoms with Gasteiger partial charge in [-0.2, -0.15) is 0 Å². The zero-order valence-corrected chi connectivity index (χ0v) is 12.4. The van der Waals surface area contributed by atoms with Gasteiger partial charge < -0.3 is 9.88 Å². The van der Waals surface area contributed by atoms with Crippen LogP contribution in [0.3, 0.4) is 0 Å². The lowest BCUT2D eigenvalue weighted by Gasteiger charge is -2.08. The number of hydrogen-bond acceptors (Lipinski definition) is 3. The molecule has 100 valence electrons. The predicted octanol–water partition coefficient (Wildman–Crippen LogP) is 2.30. The monoisotopic (exact) mass is 322 g/mol. The Bertz CT molecular complexity index is 594. The van der Waals surface area contributed by atoms with E-state index < -0.39 is 0 Å². The van der Waals surface area contributed by atoms with Crippen molar-refractivity contribution >= 4 is 21.8 Å². The topological polar surface area (TPSA) is 59.8 Å². The highest BCUT2D eigenvalue weighted by atomic mass is 79.9. The van der Waals surface area contributed by atoms with Crippen LogP contribution in [-0.4, -0.2) is 20.7 Å². The molecule has 1 heterocycles. The molecule has 0 aliphatic heterocycles. The smallest absolute Gasteiger partial charge is 0.252 e. The fourth-order valence-corrected chi connectivity index (χ4v) is 2.20. The van der Waals surface area contributed by atoms with Crippen molar-refractivity contribution < 1.29 is 4.79 Å². The van der Waals surface area contributed by atoms with E-state index in [0.29, 0.717) is 12.1 Å².